The molecule has 14 heavy (non-hydrogen) atoms. The van der Waals surface area contributed by atoms with Crippen LogP contribution in [0.25, 0.3) is 0 Å². The van der Waals surface area contributed by atoms with Gasteiger partial charge in [-0.2, -0.15) is 0 Å². The predicted octanol–water partition coefficient (Wildman–Crippen LogP) is 2.09. The van der Waals surface area contributed by atoms with E-state index in [1.54, 1.807) is 12.1 Å². The fourth-order valence-corrected chi connectivity index (χ4v) is 1.81. The van der Waals surface area contributed by atoms with Crippen molar-refractivity contribution in [3.8, 4) is 5.75 Å². The third kappa shape index (κ3) is 1.49. The highest BCUT2D eigenvalue weighted by Gasteiger charge is 2.35. The Morgan fingerprint density at radius 3 is 2.86 bits per heavy atom. The smallest absolute Gasteiger partial charge is 0.140 e. The molecule has 1 aliphatic heterocycles. The number of ether oxygens (including phenoxy) is 1. The molecular formula is C11H15NO2. The molecule has 0 aromatic heterocycles. The van der Waals surface area contributed by atoms with Crippen LogP contribution in [0, 0.1) is 0 Å². The predicted molar refractivity (Wildman–Crippen MR) is 53.8 cm³/mol. The average Bonchev–Trinajstić information content (AvgIpc) is 2.16. The van der Waals surface area contributed by atoms with Crippen molar-refractivity contribution in [2.75, 3.05) is 7.05 Å². The van der Waals surface area contributed by atoms with Gasteiger partial charge < -0.3 is 9.84 Å². The summed E-state index contributed by atoms with van der Waals surface area (Å²) in [6.07, 6.45) is 1.22. The van der Waals surface area contributed by atoms with E-state index in [4.69, 9.17) is 4.74 Å². The Kier molecular flexibility index (Phi) is 2.44. The molecule has 2 rings (SSSR count). The number of hydrogen-bond acceptors (Lipinski definition) is 3. The van der Waals surface area contributed by atoms with Crippen LogP contribution in [0.3, 0.4) is 0 Å². The molecule has 1 aromatic rings. The first-order chi connectivity index (χ1) is 6.72. The first-order valence-corrected chi connectivity index (χ1v) is 4.88. The first kappa shape index (κ1) is 9.49. The van der Waals surface area contributed by atoms with Gasteiger partial charge in [0.25, 0.3) is 0 Å². The summed E-state index contributed by atoms with van der Waals surface area (Å²) < 4.78 is 5.66. The molecule has 3 heteroatoms. The van der Waals surface area contributed by atoms with E-state index < -0.39 is 0 Å². The fourth-order valence-electron chi connectivity index (χ4n) is 1.81. The van der Waals surface area contributed by atoms with Crippen LogP contribution in [-0.4, -0.2) is 23.3 Å². The van der Waals surface area contributed by atoms with E-state index in [0.29, 0.717) is 5.75 Å². The van der Waals surface area contributed by atoms with Gasteiger partial charge in [-0.25, -0.2) is 0 Å². The van der Waals surface area contributed by atoms with Crippen molar-refractivity contribution < 1.29 is 9.84 Å². The molecule has 0 aliphatic carbocycles. The molecule has 0 amide bonds. The van der Waals surface area contributed by atoms with Crippen LogP contribution in [0.1, 0.15) is 25.1 Å². The number of benzene rings is 1. The Hall–Kier alpha value is -1.06. The zero-order valence-corrected chi connectivity index (χ0v) is 8.47. The SMILES string of the molecule is CCC1OC(c2cccc(O)c2)N1C. The summed E-state index contributed by atoms with van der Waals surface area (Å²) in [4.78, 5) is 2.16. The van der Waals surface area contributed by atoms with Gasteiger partial charge >= 0.3 is 0 Å². The normalized spacial score (nSPS) is 27.3. The maximum Gasteiger partial charge on any atom is 0.140 e. The number of phenolic OH excluding ortho intramolecular Hbond substituents is 1. The Labute approximate surface area is 83.9 Å². The maximum atomic E-state index is 9.32. The van der Waals surface area contributed by atoms with Crippen molar-refractivity contribution in [3.63, 3.8) is 0 Å². The van der Waals surface area contributed by atoms with Crippen LogP contribution in [-0.2, 0) is 4.74 Å². The molecule has 3 nitrogen and oxygen atoms in total. The minimum Gasteiger partial charge on any atom is -0.508 e. The number of hydrogen-bond donors (Lipinski definition) is 1. The van der Waals surface area contributed by atoms with Crippen molar-refractivity contribution in [1.29, 1.82) is 0 Å². The van der Waals surface area contributed by atoms with Gasteiger partial charge in [-0.3, -0.25) is 4.90 Å². The summed E-state index contributed by atoms with van der Waals surface area (Å²) in [6.45, 7) is 2.10. The van der Waals surface area contributed by atoms with Crippen LogP contribution in [0.2, 0.25) is 0 Å². The van der Waals surface area contributed by atoms with E-state index in [1.165, 1.54) is 0 Å². The molecule has 2 atom stereocenters. The molecule has 0 saturated carbocycles. The average molecular weight is 193 g/mol. The third-order valence-electron chi connectivity index (χ3n) is 2.61. The van der Waals surface area contributed by atoms with Gasteiger partial charge in [0.2, 0.25) is 0 Å². The molecule has 1 heterocycles. The molecule has 76 valence electrons. The lowest BCUT2D eigenvalue weighted by Gasteiger charge is -2.46. The van der Waals surface area contributed by atoms with E-state index >= 15 is 0 Å². The van der Waals surface area contributed by atoms with Crippen molar-refractivity contribution in [1.82, 2.24) is 4.90 Å². The fraction of sp³-hybridized carbons (Fsp3) is 0.455. The molecule has 1 aliphatic rings. The van der Waals surface area contributed by atoms with E-state index in [0.717, 1.165) is 12.0 Å². The van der Waals surface area contributed by atoms with Gasteiger partial charge in [-0.05, 0) is 31.2 Å². The summed E-state index contributed by atoms with van der Waals surface area (Å²) in [5.74, 6) is 0.291. The molecule has 1 saturated heterocycles. The van der Waals surface area contributed by atoms with Gasteiger partial charge in [0, 0.05) is 0 Å². The summed E-state index contributed by atoms with van der Waals surface area (Å²) >= 11 is 0. The molecule has 1 fully saturated rings. The number of rotatable bonds is 2. The van der Waals surface area contributed by atoms with E-state index in [1.807, 2.05) is 19.2 Å². The standard InChI is InChI=1S/C11H15NO2/c1-3-10-12(2)11(14-10)8-5-4-6-9(13)7-8/h4-7,10-11,13H,3H2,1-2H3. The quantitative estimate of drug-likeness (QED) is 0.780. The first-order valence-electron chi connectivity index (χ1n) is 4.88. The summed E-state index contributed by atoms with van der Waals surface area (Å²) in [5, 5.41) is 9.32. The van der Waals surface area contributed by atoms with Crippen LogP contribution in [0.5, 0.6) is 5.75 Å². The third-order valence-corrected chi connectivity index (χ3v) is 2.61. The lowest BCUT2D eigenvalue weighted by Crippen LogP contribution is -2.49. The largest absolute Gasteiger partial charge is 0.508 e. The Morgan fingerprint density at radius 1 is 1.50 bits per heavy atom. The summed E-state index contributed by atoms with van der Waals surface area (Å²) in [5.41, 5.74) is 1.01. The Bertz CT molecular complexity index is 327. The van der Waals surface area contributed by atoms with Gasteiger partial charge in [0.05, 0.1) is 0 Å². The van der Waals surface area contributed by atoms with Crippen LogP contribution >= 0.6 is 0 Å². The molecule has 0 spiro atoms. The Balaban J connectivity index is 2.11. The minimum atomic E-state index is 0.00653. The molecule has 2 unspecified atom stereocenters. The highest BCUT2D eigenvalue weighted by Crippen LogP contribution is 2.36. The van der Waals surface area contributed by atoms with Crippen molar-refractivity contribution in [3.05, 3.63) is 29.8 Å². The number of aromatic hydroxyl groups is 1. The molecule has 1 aromatic carbocycles. The van der Waals surface area contributed by atoms with Crippen LogP contribution < -0.4 is 0 Å². The van der Waals surface area contributed by atoms with Gasteiger partial charge in [-0.1, -0.05) is 19.1 Å². The van der Waals surface area contributed by atoms with Gasteiger partial charge in [-0.15, -0.1) is 0 Å². The van der Waals surface area contributed by atoms with Gasteiger partial charge in [0.1, 0.15) is 18.2 Å². The second kappa shape index (κ2) is 3.59. The second-order valence-corrected chi connectivity index (χ2v) is 3.61. The highest BCUT2D eigenvalue weighted by molar-refractivity contribution is 5.29. The molecule has 0 radical (unpaired) electrons. The number of nitrogens with zero attached hydrogens (tertiary/aromatic N) is 1. The minimum absolute atomic E-state index is 0.00653. The zero-order chi connectivity index (χ0) is 10.1. The van der Waals surface area contributed by atoms with Crippen LogP contribution in [0.4, 0.5) is 0 Å². The zero-order valence-electron chi connectivity index (χ0n) is 8.47. The van der Waals surface area contributed by atoms with Crippen molar-refractivity contribution >= 4 is 0 Å². The number of phenols is 1. The van der Waals surface area contributed by atoms with E-state index in [9.17, 15) is 5.11 Å². The van der Waals surface area contributed by atoms with Crippen molar-refractivity contribution in [2.45, 2.75) is 25.8 Å². The summed E-state index contributed by atoms with van der Waals surface area (Å²) in [7, 11) is 2.03. The van der Waals surface area contributed by atoms with Crippen molar-refractivity contribution in [2.24, 2.45) is 0 Å². The lowest BCUT2D eigenvalue weighted by molar-refractivity contribution is -0.279. The van der Waals surface area contributed by atoms with Crippen LogP contribution in [0.15, 0.2) is 24.3 Å². The molecular weight excluding hydrogens is 178 g/mol. The van der Waals surface area contributed by atoms with E-state index in [-0.39, 0.29) is 12.5 Å². The maximum absolute atomic E-state index is 9.32. The molecule has 0 bridgehead atoms. The summed E-state index contributed by atoms with van der Waals surface area (Å²) in [6, 6.07) is 7.21. The highest BCUT2D eigenvalue weighted by atomic mass is 16.6. The topological polar surface area (TPSA) is 32.7 Å². The molecule has 1 N–H and O–H groups in total. The lowest BCUT2D eigenvalue weighted by atomic mass is 10.1. The monoisotopic (exact) mass is 193 g/mol. The Morgan fingerprint density at radius 2 is 2.29 bits per heavy atom. The second-order valence-electron chi connectivity index (χ2n) is 3.61. The van der Waals surface area contributed by atoms with Gasteiger partial charge in [0.15, 0.2) is 0 Å². The van der Waals surface area contributed by atoms with E-state index in [2.05, 4.69) is 11.8 Å².